The summed E-state index contributed by atoms with van der Waals surface area (Å²) in [5, 5.41) is 10.7. The molecule has 0 radical (unpaired) electrons. The van der Waals surface area contributed by atoms with E-state index in [-0.39, 0.29) is 37.4 Å². The molecule has 0 amide bonds. The van der Waals surface area contributed by atoms with Crippen molar-refractivity contribution in [2.45, 2.75) is 6.42 Å². The molecule has 1 aromatic rings. The first-order valence-electron chi connectivity index (χ1n) is 2.39. The average molecular weight is 167 g/mol. The summed E-state index contributed by atoms with van der Waals surface area (Å²) >= 11 is 1.36. The Bertz CT molecular complexity index is 204. The number of aliphatic carboxylic acids is 1. The Kier molecular flexibility index (Phi) is 4.89. The molecule has 50 valence electrons. The zero-order valence-corrected chi connectivity index (χ0v) is 8.39. The molecule has 3 nitrogen and oxygen atoms in total. The summed E-state index contributed by atoms with van der Waals surface area (Å²) in [4.78, 5) is 13.8. The van der Waals surface area contributed by atoms with Crippen molar-refractivity contribution in [1.29, 1.82) is 0 Å². The summed E-state index contributed by atoms with van der Waals surface area (Å²) in [5.41, 5.74) is 0. The number of thiazole rings is 1. The zero-order valence-electron chi connectivity index (χ0n) is 6.57. The molecule has 1 aromatic heterocycles. The van der Waals surface area contributed by atoms with Crippen molar-refractivity contribution in [2.75, 3.05) is 0 Å². The van der Waals surface area contributed by atoms with Crippen LogP contribution in [0.1, 0.15) is 6.43 Å². The summed E-state index contributed by atoms with van der Waals surface area (Å²) in [6.07, 6.45) is 1.64. The van der Waals surface area contributed by atoms with Crippen LogP contribution in [0.5, 0.6) is 0 Å². The third-order valence-corrected chi connectivity index (χ3v) is 1.57. The second kappa shape index (κ2) is 4.85. The van der Waals surface area contributed by atoms with E-state index in [0.29, 0.717) is 5.01 Å². The largest absolute Gasteiger partial charge is 1.00 e. The van der Waals surface area contributed by atoms with Crippen molar-refractivity contribution >= 4 is 17.3 Å². The Morgan fingerprint density at radius 1 is 1.90 bits per heavy atom. The summed E-state index contributed by atoms with van der Waals surface area (Å²) < 4.78 is 0. The molecule has 0 aliphatic rings. The fourth-order valence-corrected chi connectivity index (χ4v) is 1.08. The predicted molar refractivity (Wildman–Crippen MR) is 34.6 cm³/mol. The number of nitrogens with zero attached hydrogens (tertiary/aromatic N) is 1. The molecule has 0 saturated heterocycles. The quantitative estimate of drug-likeness (QED) is 0.513. The van der Waals surface area contributed by atoms with Crippen molar-refractivity contribution in [3.05, 3.63) is 16.6 Å². The van der Waals surface area contributed by atoms with Crippen LogP contribution in [0.2, 0.25) is 0 Å². The number of hydrogen-bond donors (Lipinski definition) is 1. The molecule has 0 aliphatic heterocycles. The van der Waals surface area contributed by atoms with Gasteiger partial charge in [0, 0.05) is 11.6 Å². The minimum atomic E-state index is -0.829. The third-order valence-electron chi connectivity index (χ3n) is 0.786. The molecule has 5 heteroatoms. The first-order valence-corrected chi connectivity index (χ1v) is 3.27. The van der Waals surface area contributed by atoms with Crippen molar-refractivity contribution in [3.8, 4) is 0 Å². The first kappa shape index (κ1) is 10.1. The van der Waals surface area contributed by atoms with E-state index in [4.69, 9.17) is 5.11 Å². The Morgan fingerprint density at radius 2 is 2.60 bits per heavy atom. The normalized spacial score (nSPS) is 8.40. The van der Waals surface area contributed by atoms with Gasteiger partial charge in [-0.1, -0.05) is 0 Å². The number of hydrogen-bond acceptors (Lipinski definition) is 3. The maximum Gasteiger partial charge on any atom is 1.00 e. The molecule has 0 bridgehead atoms. The number of carbonyl (C=O) groups is 1. The van der Waals surface area contributed by atoms with E-state index in [1.54, 1.807) is 11.6 Å². The first-order chi connectivity index (χ1) is 4.29. The molecule has 0 aliphatic carbocycles. The molecule has 1 N–H and O–H groups in total. The van der Waals surface area contributed by atoms with Crippen LogP contribution >= 0.6 is 11.3 Å². The van der Waals surface area contributed by atoms with Crippen LogP contribution in [-0.4, -0.2) is 16.1 Å². The van der Waals surface area contributed by atoms with Crippen LogP contribution in [0.3, 0.4) is 0 Å². The fourth-order valence-electron chi connectivity index (χ4n) is 0.470. The van der Waals surface area contributed by atoms with Gasteiger partial charge in [-0.05, 0) is 0 Å². The summed E-state index contributed by atoms with van der Waals surface area (Å²) in [7, 11) is 0. The monoisotopic (exact) mass is 167 g/mol. The number of aromatic nitrogens is 1. The van der Waals surface area contributed by atoms with Crippen molar-refractivity contribution in [1.82, 2.24) is 4.98 Å². The second-order valence-corrected chi connectivity index (χ2v) is 2.48. The van der Waals surface area contributed by atoms with Gasteiger partial charge < -0.3 is 6.53 Å². The van der Waals surface area contributed by atoms with Crippen molar-refractivity contribution in [3.63, 3.8) is 0 Å². The van der Waals surface area contributed by atoms with E-state index >= 15 is 0 Å². The van der Waals surface area contributed by atoms with Gasteiger partial charge in [0.15, 0.2) is 0 Å². The molecule has 0 saturated carbocycles. The van der Waals surface area contributed by atoms with Crippen LogP contribution in [0.25, 0.3) is 0 Å². The molecule has 1 rings (SSSR count). The Labute approximate surface area is 85.9 Å². The SMILES string of the molecule is O=C(O)Cc1nccs1.[H-].[Na+]. The minimum absolute atomic E-state index is 0. The van der Waals surface area contributed by atoms with E-state index in [0.717, 1.165) is 0 Å². The Morgan fingerprint density at radius 3 is 3.00 bits per heavy atom. The van der Waals surface area contributed by atoms with Crippen LogP contribution < -0.4 is 29.6 Å². The smallest absolute Gasteiger partial charge is 1.00 e. The number of carboxylic acid groups (broad SMARTS) is 1. The standard InChI is InChI=1S/C5H5NO2S.Na.H/c7-5(8)3-4-6-1-2-9-4;;/h1-2H,3H2,(H,7,8);;/q;+1;-1. The maximum absolute atomic E-state index is 10.0. The van der Waals surface area contributed by atoms with E-state index in [1.807, 2.05) is 0 Å². The van der Waals surface area contributed by atoms with Gasteiger partial charge in [0.1, 0.15) is 5.01 Å². The van der Waals surface area contributed by atoms with Crippen LogP contribution in [0.15, 0.2) is 11.6 Å². The number of carboxylic acids is 1. The number of rotatable bonds is 2. The third kappa shape index (κ3) is 3.31. The zero-order chi connectivity index (χ0) is 6.69. The van der Waals surface area contributed by atoms with Gasteiger partial charge in [0.2, 0.25) is 0 Å². The Hall–Kier alpha value is 0.1000. The van der Waals surface area contributed by atoms with E-state index in [1.165, 1.54) is 11.3 Å². The Balaban J connectivity index is 0. The minimum Gasteiger partial charge on any atom is -1.00 e. The van der Waals surface area contributed by atoms with Gasteiger partial charge in [0.25, 0.3) is 0 Å². The maximum atomic E-state index is 10.0. The van der Waals surface area contributed by atoms with Crippen molar-refractivity contribution in [2.24, 2.45) is 0 Å². The van der Waals surface area contributed by atoms with Crippen LogP contribution in [-0.2, 0) is 11.2 Å². The molecule has 0 aromatic carbocycles. The molecular weight excluding hydrogens is 161 g/mol. The molecule has 1 heterocycles. The van der Waals surface area contributed by atoms with Gasteiger partial charge in [-0.3, -0.25) is 4.79 Å². The molecule has 0 spiro atoms. The summed E-state index contributed by atoms with van der Waals surface area (Å²) in [6.45, 7) is 0. The van der Waals surface area contributed by atoms with Crippen LogP contribution in [0, 0.1) is 0 Å². The van der Waals surface area contributed by atoms with Gasteiger partial charge in [-0.15, -0.1) is 11.3 Å². The van der Waals surface area contributed by atoms with E-state index < -0.39 is 5.97 Å². The molecule has 10 heavy (non-hydrogen) atoms. The van der Waals surface area contributed by atoms with E-state index in [9.17, 15) is 4.79 Å². The summed E-state index contributed by atoms with van der Waals surface area (Å²) in [6, 6.07) is 0. The molecule has 0 fully saturated rings. The molecule has 0 unspecified atom stereocenters. The fraction of sp³-hybridized carbons (Fsp3) is 0.200. The molecular formula is C5H6NNaO2S. The topological polar surface area (TPSA) is 50.2 Å². The van der Waals surface area contributed by atoms with Crippen molar-refractivity contribution < 1.29 is 40.9 Å². The van der Waals surface area contributed by atoms with E-state index in [2.05, 4.69) is 4.98 Å². The summed E-state index contributed by atoms with van der Waals surface area (Å²) in [5.74, 6) is -0.829. The predicted octanol–water partition coefficient (Wildman–Crippen LogP) is -2.11. The van der Waals surface area contributed by atoms with Gasteiger partial charge >= 0.3 is 35.5 Å². The second-order valence-electron chi connectivity index (χ2n) is 1.50. The average Bonchev–Trinajstić information content (AvgIpc) is 2.15. The van der Waals surface area contributed by atoms with Gasteiger partial charge in [0.05, 0.1) is 6.42 Å². The van der Waals surface area contributed by atoms with Gasteiger partial charge in [-0.25, -0.2) is 4.98 Å². The van der Waals surface area contributed by atoms with Gasteiger partial charge in [-0.2, -0.15) is 0 Å². The molecule has 0 atom stereocenters. The van der Waals surface area contributed by atoms with Crippen LogP contribution in [0.4, 0.5) is 0 Å².